The number of rotatable bonds is 5. The van der Waals surface area contributed by atoms with Crippen LogP contribution in [0.25, 0.3) is 0 Å². The molecule has 0 fully saturated rings. The summed E-state index contributed by atoms with van der Waals surface area (Å²) in [5, 5.41) is 6.81. The summed E-state index contributed by atoms with van der Waals surface area (Å²) in [5.74, 6) is 1.54. The highest BCUT2D eigenvalue weighted by Crippen LogP contribution is 2.31. The Morgan fingerprint density at radius 1 is 1.23 bits per heavy atom. The first-order chi connectivity index (χ1) is 12.3. The number of benzene rings is 2. The van der Waals surface area contributed by atoms with Crippen LogP contribution >= 0.6 is 24.0 Å². The van der Waals surface area contributed by atoms with Crippen molar-refractivity contribution in [1.29, 1.82) is 0 Å². The van der Waals surface area contributed by atoms with Crippen LogP contribution in [0.15, 0.2) is 53.5 Å². The third-order valence-electron chi connectivity index (χ3n) is 4.32. The highest BCUT2D eigenvalue weighted by Gasteiger charge is 2.21. The van der Waals surface area contributed by atoms with Crippen molar-refractivity contribution < 1.29 is 9.13 Å². The molecule has 26 heavy (non-hydrogen) atoms. The van der Waals surface area contributed by atoms with Gasteiger partial charge in [0.05, 0.1) is 12.6 Å². The number of nitrogens with one attached hydrogen (secondary N) is 2. The zero-order valence-electron chi connectivity index (χ0n) is 14.9. The molecule has 0 saturated carbocycles. The molecule has 0 spiro atoms. The zero-order chi connectivity index (χ0) is 17.5. The minimum Gasteiger partial charge on any atom is -0.493 e. The van der Waals surface area contributed by atoms with E-state index in [0.717, 1.165) is 48.6 Å². The molecule has 6 heteroatoms. The second-order valence-electron chi connectivity index (χ2n) is 6.10. The Balaban J connectivity index is 0.00000243. The number of fused-ring (bicyclic) bond motifs is 1. The summed E-state index contributed by atoms with van der Waals surface area (Å²) in [7, 11) is 1.77. The van der Waals surface area contributed by atoms with Gasteiger partial charge in [0.1, 0.15) is 11.6 Å². The van der Waals surface area contributed by atoms with E-state index in [1.807, 2.05) is 24.3 Å². The summed E-state index contributed by atoms with van der Waals surface area (Å²) in [6.07, 6.45) is 2.65. The molecule has 0 radical (unpaired) electrons. The van der Waals surface area contributed by atoms with Crippen LogP contribution in [0.1, 0.15) is 30.0 Å². The molecular weight excluding hydrogens is 444 g/mol. The maximum atomic E-state index is 13.2. The first kappa shape index (κ1) is 20.5. The van der Waals surface area contributed by atoms with Crippen molar-refractivity contribution in [3.63, 3.8) is 0 Å². The molecule has 1 unspecified atom stereocenters. The Morgan fingerprint density at radius 3 is 2.88 bits per heavy atom. The average molecular weight is 469 g/mol. The number of guanidine groups is 1. The molecule has 4 nitrogen and oxygen atoms in total. The van der Waals surface area contributed by atoms with E-state index in [4.69, 9.17) is 4.74 Å². The van der Waals surface area contributed by atoms with E-state index in [2.05, 4.69) is 21.7 Å². The van der Waals surface area contributed by atoms with Gasteiger partial charge in [0, 0.05) is 25.6 Å². The van der Waals surface area contributed by atoms with E-state index in [-0.39, 0.29) is 35.8 Å². The fourth-order valence-corrected chi connectivity index (χ4v) is 3.04. The van der Waals surface area contributed by atoms with Crippen molar-refractivity contribution >= 4 is 29.9 Å². The molecule has 0 aromatic heterocycles. The van der Waals surface area contributed by atoms with E-state index in [1.54, 1.807) is 19.2 Å². The third-order valence-corrected chi connectivity index (χ3v) is 4.32. The Morgan fingerprint density at radius 2 is 2.08 bits per heavy atom. The number of hydrogen-bond acceptors (Lipinski definition) is 2. The smallest absolute Gasteiger partial charge is 0.191 e. The SMILES string of the molecule is CN=C(NCCCc1cccc(F)c1)NC1CCOc2ccccc21.I. The number of aliphatic imine (C=N–C) groups is 1. The van der Waals surface area contributed by atoms with Crippen molar-refractivity contribution in [2.45, 2.75) is 25.3 Å². The maximum absolute atomic E-state index is 13.2. The fraction of sp³-hybridized carbons (Fsp3) is 0.350. The van der Waals surface area contributed by atoms with Gasteiger partial charge in [0.15, 0.2) is 5.96 Å². The lowest BCUT2D eigenvalue weighted by Gasteiger charge is -2.28. The lowest BCUT2D eigenvalue weighted by atomic mass is 10.0. The highest BCUT2D eigenvalue weighted by atomic mass is 127. The summed E-state index contributed by atoms with van der Waals surface area (Å²) in [5.41, 5.74) is 2.18. The van der Waals surface area contributed by atoms with Gasteiger partial charge in [0.25, 0.3) is 0 Å². The van der Waals surface area contributed by atoms with Gasteiger partial charge in [-0.25, -0.2) is 4.39 Å². The lowest BCUT2D eigenvalue weighted by Crippen LogP contribution is -2.41. The first-order valence-electron chi connectivity index (χ1n) is 8.69. The molecule has 0 amide bonds. The Bertz CT molecular complexity index is 739. The van der Waals surface area contributed by atoms with Gasteiger partial charge in [-0.2, -0.15) is 0 Å². The molecule has 1 atom stereocenters. The van der Waals surface area contributed by atoms with Crippen LogP contribution in [0.5, 0.6) is 5.75 Å². The summed E-state index contributed by atoms with van der Waals surface area (Å²) >= 11 is 0. The van der Waals surface area contributed by atoms with Crippen molar-refractivity contribution in [3.05, 3.63) is 65.5 Å². The van der Waals surface area contributed by atoms with Crippen molar-refractivity contribution in [2.75, 3.05) is 20.2 Å². The number of para-hydroxylation sites is 1. The monoisotopic (exact) mass is 469 g/mol. The molecule has 1 aliphatic rings. The standard InChI is InChI=1S/C20H24FN3O.HI/c1-22-20(23-12-5-7-15-6-4-8-16(21)14-15)24-18-11-13-25-19-10-3-2-9-17(18)19;/h2-4,6,8-10,14,18H,5,7,11-13H2,1H3,(H2,22,23,24);1H. The van der Waals surface area contributed by atoms with Crippen molar-refractivity contribution in [3.8, 4) is 5.75 Å². The van der Waals surface area contributed by atoms with E-state index in [1.165, 1.54) is 6.07 Å². The second-order valence-corrected chi connectivity index (χ2v) is 6.10. The van der Waals surface area contributed by atoms with Crippen molar-refractivity contribution in [1.82, 2.24) is 10.6 Å². The largest absolute Gasteiger partial charge is 0.493 e. The minimum absolute atomic E-state index is 0. The molecule has 1 aliphatic heterocycles. The van der Waals surface area contributed by atoms with Crippen molar-refractivity contribution in [2.24, 2.45) is 4.99 Å². The molecule has 2 N–H and O–H groups in total. The van der Waals surface area contributed by atoms with Gasteiger partial charge in [-0.1, -0.05) is 30.3 Å². The van der Waals surface area contributed by atoms with E-state index < -0.39 is 0 Å². The normalized spacial score (nSPS) is 16.1. The maximum Gasteiger partial charge on any atom is 0.191 e. The fourth-order valence-electron chi connectivity index (χ4n) is 3.04. The summed E-state index contributed by atoms with van der Waals surface area (Å²) in [6.45, 7) is 1.48. The number of nitrogens with zero attached hydrogens (tertiary/aromatic N) is 1. The van der Waals surface area contributed by atoms with E-state index >= 15 is 0 Å². The second kappa shape index (κ2) is 10.4. The van der Waals surface area contributed by atoms with Gasteiger partial charge >= 0.3 is 0 Å². The van der Waals surface area contributed by atoms with Crippen LogP contribution in [0.2, 0.25) is 0 Å². The molecule has 2 aromatic rings. The van der Waals surface area contributed by atoms with Crippen LogP contribution in [-0.4, -0.2) is 26.2 Å². The highest BCUT2D eigenvalue weighted by molar-refractivity contribution is 14.0. The third kappa shape index (κ3) is 5.59. The average Bonchev–Trinajstić information content (AvgIpc) is 2.64. The minimum atomic E-state index is -0.180. The molecule has 0 aliphatic carbocycles. The quantitative estimate of drug-likeness (QED) is 0.301. The van der Waals surface area contributed by atoms with Gasteiger partial charge in [-0.3, -0.25) is 4.99 Å². The Kier molecular flexibility index (Phi) is 8.15. The molecular formula is C20H25FIN3O. The van der Waals surface area contributed by atoms with Gasteiger partial charge < -0.3 is 15.4 Å². The first-order valence-corrected chi connectivity index (χ1v) is 8.69. The van der Waals surface area contributed by atoms with Gasteiger partial charge in [0.2, 0.25) is 0 Å². The summed E-state index contributed by atoms with van der Waals surface area (Å²) in [6, 6.07) is 15.1. The van der Waals surface area contributed by atoms with Gasteiger partial charge in [-0.05, 0) is 36.6 Å². The number of halogens is 2. The molecule has 1 heterocycles. The predicted octanol–water partition coefficient (Wildman–Crippen LogP) is 4.07. The topological polar surface area (TPSA) is 45.7 Å². The summed E-state index contributed by atoms with van der Waals surface area (Å²) in [4.78, 5) is 4.31. The summed E-state index contributed by atoms with van der Waals surface area (Å²) < 4.78 is 18.9. The lowest BCUT2D eigenvalue weighted by molar-refractivity contribution is 0.261. The Hall–Kier alpha value is -1.83. The predicted molar refractivity (Wildman–Crippen MR) is 114 cm³/mol. The molecule has 3 rings (SSSR count). The zero-order valence-corrected chi connectivity index (χ0v) is 17.2. The molecule has 0 saturated heterocycles. The number of aryl methyl sites for hydroxylation is 1. The molecule has 0 bridgehead atoms. The molecule has 140 valence electrons. The number of hydrogen-bond donors (Lipinski definition) is 2. The van der Waals surface area contributed by atoms with E-state index in [9.17, 15) is 4.39 Å². The van der Waals surface area contributed by atoms with Crippen LogP contribution in [0.4, 0.5) is 4.39 Å². The molecule has 2 aromatic carbocycles. The van der Waals surface area contributed by atoms with Gasteiger partial charge in [-0.15, -0.1) is 24.0 Å². The van der Waals surface area contributed by atoms with Crippen LogP contribution in [0.3, 0.4) is 0 Å². The van der Waals surface area contributed by atoms with E-state index in [0.29, 0.717) is 6.61 Å². The Labute approximate surface area is 171 Å². The van der Waals surface area contributed by atoms with Crippen LogP contribution in [0, 0.1) is 5.82 Å². The van der Waals surface area contributed by atoms with Crippen LogP contribution in [-0.2, 0) is 6.42 Å². The number of ether oxygens (including phenoxy) is 1. The van der Waals surface area contributed by atoms with Crippen LogP contribution < -0.4 is 15.4 Å².